The van der Waals surface area contributed by atoms with E-state index < -0.39 is 0 Å². The molecule has 0 aromatic carbocycles. The fourth-order valence-electron chi connectivity index (χ4n) is 2.18. The predicted octanol–water partition coefficient (Wildman–Crippen LogP) is 2.50. The second-order valence-electron chi connectivity index (χ2n) is 4.30. The molecule has 0 radical (unpaired) electrons. The summed E-state index contributed by atoms with van der Waals surface area (Å²) >= 11 is 0. The minimum atomic E-state index is 0.189. The zero-order valence-corrected chi connectivity index (χ0v) is 9.51. The first-order chi connectivity index (χ1) is 6.76. The molecule has 0 spiro atoms. The summed E-state index contributed by atoms with van der Waals surface area (Å²) in [5.41, 5.74) is 0.189. The summed E-state index contributed by atoms with van der Waals surface area (Å²) in [6.45, 7) is 3.76. The minimum Gasteiger partial charge on any atom is -0.378 e. The highest BCUT2D eigenvalue weighted by molar-refractivity contribution is 4.93. The summed E-state index contributed by atoms with van der Waals surface area (Å²) in [4.78, 5) is 0. The van der Waals surface area contributed by atoms with Crippen LogP contribution in [0.4, 0.5) is 0 Å². The average molecular weight is 197 g/mol. The molecule has 0 aromatic rings. The van der Waals surface area contributed by atoms with Crippen LogP contribution in [0.15, 0.2) is 12.7 Å². The summed E-state index contributed by atoms with van der Waals surface area (Å²) in [7, 11) is 3.88. The van der Waals surface area contributed by atoms with Gasteiger partial charge in [-0.2, -0.15) is 0 Å². The summed E-state index contributed by atoms with van der Waals surface area (Å²) in [5.74, 6) is 0. The van der Waals surface area contributed by atoms with E-state index >= 15 is 0 Å². The van der Waals surface area contributed by atoms with Crippen molar-refractivity contribution in [2.24, 2.45) is 0 Å². The Balaban J connectivity index is 2.34. The molecule has 14 heavy (non-hydrogen) atoms. The Kier molecular flexibility index (Phi) is 4.63. The molecule has 82 valence electrons. The normalized spacial score (nSPS) is 21.3. The lowest BCUT2D eigenvalue weighted by Gasteiger charge is -2.42. The highest BCUT2D eigenvalue weighted by Gasteiger charge is 2.38. The van der Waals surface area contributed by atoms with Crippen molar-refractivity contribution in [3.8, 4) is 0 Å². The molecule has 0 aliphatic heterocycles. The third-order valence-corrected chi connectivity index (χ3v) is 3.44. The molecule has 2 heteroatoms. The maximum atomic E-state index is 5.62. The van der Waals surface area contributed by atoms with E-state index in [0.29, 0.717) is 6.04 Å². The lowest BCUT2D eigenvalue weighted by Crippen LogP contribution is -2.45. The van der Waals surface area contributed by atoms with E-state index in [-0.39, 0.29) is 5.60 Å². The molecular weight excluding hydrogens is 174 g/mol. The Morgan fingerprint density at radius 2 is 2.29 bits per heavy atom. The van der Waals surface area contributed by atoms with Gasteiger partial charge in [-0.05, 0) is 45.6 Å². The maximum absolute atomic E-state index is 5.62. The van der Waals surface area contributed by atoms with Crippen molar-refractivity contribution < 1.29 is 4.74 Å². The number of hydrogen-bond donors (Lipinski definition) is 1. The van der Waals surface area contributed by atoms with Gasteiger partial charge in [0.25, 0.3) is 0 Å². The van der Waals surface area contributed by atoms with E-state index in [9.17, 15) is 0 Å². The van der Waals surface area contributed by atoms with Crippen LogP contribution in [-0.4, -0.2) is 25.8 Å². The largest absolute Gasteiger partial charge is 0.378 e. The van der Waals surface area contributed by atoms with Crippen LogP contribution < -0.4 is 5.32 Å². The SMILES string of the molecule is C=CCCC(CC1(OC)CCC1)NC. The topological polar surface area (TPSA) is 21.3 Å². The number of methoxy groups -OCH3 is 1. The molecule has 0 aromatic heterocycles. The number of allylic oxidation sites excluding steroid dienone is 1. The Labute approximate surface area is 87.7 Å². The van der Waals surface area contributed by atoms with Crippen molar-refractivity contribution in [3.63, 3.8) is 0 Å². The first-order valence-electron chi connectivity index (χ1n) is 5.59. The summed E-state index contributed by atoms with van der Waals surface area (Å²) in [6, 6.07) is 0.577. The molecule has 1 atom stereocenters. The van der Waals surface area contributed by atoms with Gasteiger partial charge >= 0.3 is 0 Å². The average Bonchev–Trinajstić information content (AvgIpc) is 2.16. The molecule has 1 rings (SSSR count). The van der Waals surface area contributed by atoms with Crippen molar-refractivity contribution in [2.75, 3.05) is 14.2 Å². The van der Waals surface area contributed by atoms with Crippen LogP contribution in [0.3, 0.4) is 0 Å². The van der Waals surface area contributed by atoms with E-state index in [2.05, 4.69) is 11.9 Å². The van der Waals surface area contributed by atoms with Crippen LogP contribution in [0.2, 0.25) is 0 Å². The number of hydrogen-bond acceptors (Lipinski definition) is 2. The molecule has 1 saturated carbocycles. The molecule has 1 aliphatic rings. The summed E-state index contributed by atoms with van der Waals surface area (Å²) in [6.07, 6.45) is 9.19. The van der Waals surface area contributed by atoms with Gasteiger partial charge in [-0.3, -0.25) is 0 Å². The quantitative estimate of drug-likeness (QED) is 0.633. The molecule has 0 bridgehead atoms. The lowest BCUT2D eigenvalue weighted by molar-refractivity contribution is -0.0834. The second kappa shape index (κ2) is 5.52. The van der Waals surface area contributed by atoms with Gasteiger partial charge in [-0.1, -0.05) is 6.08 Å². The highest BCUT2D eigenvalue weighted by atomic mass is 16.5. The molecule has 1 aliphatic carbocycles. The third kappa shape index (κ3) is 2.82. The highest BCUT2D eigenvalue weighted by Crippen LogP contribution is 2.39. The molecule has 1 N–H and O–H groups in total. The van der Waals surface area contributed by atoms with Crippen molar-refractivity contribution in [1.82, 2.24) is 5.32 Å². The van der Waals surface area contributed by atoms with Gasteiger partial charge in [0, 0.05) is 13.2 Å². The summed E-state index contributed by atoms with van der Waals surface area (Å²) in [5, 5.41) is 3.37. The molecule has 1 unspecified atom stereocenters. The smallest absolute Gasteiger partial charge is 0.0693 e. The van der Waals surface area contributed by atoms with Crippen molar-refractivity contribution >= 4 is 0 Å². The van der Waals surface area contributed by atoms with Crippen LogP contribution >= 0.6 is 0 Å². The Hall–Kier alpha value is -0.340. The number of nitrogens with one attached hydrogen (secondary N) is 1. The monoisotopic (exact) mass is 197 g/mol. The fraction of sp³-hybridized carbons (Fsp3) is 0.833. The zero-order chi connectivity index (χ0) is 10.4. The van der Waals surface area contributed by atoms with Gasteiger partial charge in [0.1, 0.15) is 0 Å². The lowest BCUT2D eigenvalue weighted by atomic mass is 9.75. The first kappa shape index (κ1) is 11.7. The Morgan fingerprint density at radius 1 is 1.57 bits per heavy atom. The van der Waals surface area contributed by atoms with Crippen LogP contribution in [0.5, 0.6) is 0 Å². The summed E-state index contributed by atoms with van der Waals surface area (Å²) < 4.78 is 5.62. The molecule has 0 saturated heterocycles. The van der Waals surface area contributed by atoms with Gasteiger partial charge in [-0.15, -0.1) is 6.58 Å². The maximum Gasteiger partial charge on any atom is 0.0693 e. The van der Waals surface area contributed by atoms with E-state index in [1.54, 1.807) is 0 Å². The van der Waals surface area contributed by atoms with Crippen molar-refractivity contribution in [1.29, 1.82) is 0 Å². The minimum absolute atomic E-state index is 0.189. The third-order valence-electron chi connectivity index (χ3n) is 3.44. The molecule has 1 fully saturated rings. The Morgan fingerprint density at radius 3 is 2.64 bits per heavy atom. The van der Waals surface area contributed by atoms with Gasteiger partial charge in [-0.25, -0.2) is 0 Å². The van der Waals surface area contributed by atoms with Crippen LogP contribution in [0.1, 0.15) is 38.5 Å². The van der Waals surface area contributed by atoms with Gasteiger partial charge in [0.15, 0.2) is 0 Å². The van der Waals surface area contributed by atoms with Crippen molar-refractivity contribution in [3.05, 3.63) is 12.7 Å². The molecule has 0 heterocycles. The van der Waals surface area contributed by atoms with Gasteiger partial charge in [0.05, 0.1) is 5.60 Å². The Bertz CT molecular complexity index is 170. The number of rotatable bonds is 7. The van der Waals surface area contributed by atoms with E-state index in [4.69, 9.17) is 4.74 Å². The fourth-order valence-corrected chi connectivity index (χ4v) is 2.18. The van der Waals surface area contributed by atoms with Crippen molar-refractivity contribution in [2.45, 2.75) is 50.2 Å². The standard InChI is InChI=1S/C12H23NO/c1-4-5-7-11(13-2)10-12(14-3)8-6-9-12/h4,11,13H,1,5-10H2,2-3H3. The zero-order valence-electron chi connectivity index (χ0n) is 9.51. The van der Waals surface area contributed by atoms with Crippen LogP contribution in [-0.2, 0) is 4.74 Å². The van der Waals surface area contributed by atoms with Crippen LogP contribution in [0.25, 0.3) is 0 Å². The first-order valence-corrected chi connectivity index (χ1v) is 5.59. The van der Waals surface area contributed by atoms with Gasteiger partial charge < -0.3 is 10.1 Å². The predicted molar refractivity (Wildman–Crippen MR) is 60.5 cm³/mol. The van der Waals surface area contributed by atoms with Gasteiger partial charge in [0.2, 0.25) is 0 Å². The molecular formula is C12H23NO. The van der Waals surface area contributed by atoms with E-state index in [0.717, 1.165) is 12.8 Å². The van der Waals surface area contributed by atoms with E-state index in [1.165, 1.54) is 25.7 Å². The molecule has 2 nitrogen and oxygen atoms in total. The number of ether oxygens (including phenoxy) is 1. The second-order valence-corrected chi connectivity index (χ2v) is 4.30. The van der Waals surface area contributed by atoms with Crippen LogP contribution in [0, 0.1) is 0 Å². The molecule has 0 amide bonds. The van der Waals surface area contributed by atoms with E-state index in [1.807, 2.05) is 20.2 Å².